The van der Waals surface area contributed by atoms with Crippen molar-refractivity contribution in [2.24, 2.45) is 5.41 Å². The van der Waals surface area contributed by atoms with Crippen LogP contribution < -0.4 is 0 Å². The van der Waals surface area contributed by atoms with Crippen molar-refractivity contribution in [1.29, 1.82) is 0 Å². The molecule has 0 amide bonds. The Labute approximate surface area is 140 Å². The fraction of sp³-hybridized carbons (Fsp3) is 0.444. The maximum Gasteiger partial charge on any atom is 0.320 e. The van der Waals surface area contributed by atoms with Gasteiger partial charge in [0.1, 0.15) is 11.2 Å². The van der Waals surface area contributed by atoms with E-state index >= 15 is 0 Å². The smallest absolute Gasteiger partial charge is 0.320 e. The number of carbonyl (C=O) groups excluding carboxylic acids is 2. The quantitative estimate of drug-likeness (QED) is 0.405. The number of ether oxygens (including phenoxy) is 1. The number of benzene rings is 1. The van der Waals surface area contributed by atoms with Crippen molar-refractivity contribution in [2.75, 3.05) is 6.61 Å². The normalized spacial score (nSPS) is 13.1. The summed E-state index contributed by atoms with van der Waals surface area (Å²) in [4.78, 5) is 24.9. The number of rotatable bonds is 7. The molecule has 0 aromatic heterocycles. The van der Waals surface area contributed by atoms with Crippen LogP contribution in [-0.2, 0) is 20.7 Å². The van der Waals surface area contributed by atoms with E-state index < -0.39 is 11.4 Å². The lowest BCUT2D eigenvalue weighted by Crippen LogP contribution is -2.41. The number of esters is 1. The van der Waals surface area contributed by atoms with Gasteiger partial charge in [0.05, 0.1) is 6.61 Å². The third-order valence-corrected chi connectivity index (χ3v) is 4.42. The summed E-state index contributed by atoms with van der Waals surface area (Å²) in [6.45, 7) is 7.39. The second-order valence-corrected chi connectivity index (χ2v) is 6.47. The molecule has 0 aliphatic rings. The van der Waals surface area contributed by atoms with Crippen LogP contribution in [0.5, 0.6) is 0 Å². The van der Waals surface area contributed by atoms with Gasteiger partial charge in [0, 0.05) is 4.47 Å². The zero-order chi connectivity index (χ0) is 16.8. The molecule has 22 heavy (non-hydrogen) atoms. The van der Waals surface area contributed by atoms with Gasteiger partial charge in [-0.05, 0) is 52.2 Å². The second kappa shape index (κ2) is 8.28. The highest BCUT2D eigenvalue weighted by atomic mass is 79.9. The van der Waals surface area contributed by atoms with Crippen LogP contribution >= 0.6 is 15.9 Å². The van der Waals surface area contributed by atoms with Crippen LogP contribution in [0.1, 0.15) is 39.7 Å². The van der Waals surface area contributed by atoms with Gasteiger partial charge in [0.25, 0.3) is 0 Å². The van der Waals surface area contributed by atoms with Crippen LogP contribution in [0.3, 0.4) is 0 Å². The predicted molar refractivity (Wildman–Crippen MR) is 91.6 cm³/mol. The van der Waals surface area contributed by atoms with Crippen molar-refractivity contribution >= 4 is 27.7 Å². The molecular weight excluding hydrogens is 344 g/mol. The Morgan fingerprint density at radius 1 is 1.23 bits per heavy atom. The molecule has 1 aromatic carbocycles. The molecule has 3 nitrogen and oxygen atoms in total. The fourth-order valence-electron chi connectivity index (χ4n) is 2.25. The molecule has 1 aromatic rings. The molecule has 0 N–H and O–H groups in total. The Morgan fingerprint density at radius 3 is 2.36 bits per heavy atom. The maximum absolute atomic E-state index is 12.5. The summed E-state index contributed by atoms with van der Waals surface area (Å²) in [5, 5.41) is 0. The highest BCUT2D eigenvalue weighted by molar-refractivity contribution is 9.10. The first-order chi connectivity index (χ1) is 10.3. The molecule has 0 bridgehead atoms. The zero-order valence-electron chi connectivity index (χ0n) is 13.6. The molecule has 0 aliphatic carbocycles. The first kappa shape index (κ1) is 18.6. The Hall–Kier alpha value is -1.42. The lowest BCUT2D eigenvalue weighted by atomic mass is 9.75. The molecule has 1 rings (SSSR count). The van der Waals surface area contributed by atoms with Crippen LogP contribution in [0.4, 0.5) is 0 Å². The maximum atomic E-state index is 12.5. The second-order valence-electron chi connectivity index (χ2n) is 5.61. The summed E-state index contributed by atoms with van der Waals surface area (Å²) < 4.78 is 6.10. The van der Waals surface area contributed by atoms with Crippen molar-refractivity contribution in [2.45, 2.75) is 40.5 Å². The SMILES string of the molecule is CCOC(=O)C(CC=C(C)C)(Cc1ccccc1Br)C(C)=O. The monoisotopic (exact) mass is 366 g/mol. The van der Waals surface area contributed by atoms with E-state index in [1.807, 2.05) is 44.2 Å². The number of Topliss-reactive ketones (excluding diaryl/α,β-unsaturated/α-hetero) is 1. The topological polar surface area (TPSA) is 43.4 Å². The summed E-state index contributed by atoms with van der Waals surface area (Å²) in [5.41, 5.74) is 0.826. The number of carbonyl (C=O) groups is 2. The molecule has 0 radical (unpaired) electrons. The number of hydrogen-bond acceptors (Lipinski definition) is 3. The molecule has 1 atom stereocenters. The van der Waals surface area contributed by atoms with Gasteiger partial charge in [-0.15, -0.1) is 0 Å². The van der Waals surface area contributed by atoms with Gasteiger partial charge in [0.2, 0.25) is 0 Å². The van der Waals surface area contributed by atoms with Gasteiger partial charge < -0.3 is 4.74 Å². The molecule has 0 heterocycles. The zero-order valence-corrected chi connectivity index (χ0v) is 15.2. The van der Waals surface area contributed by atoms with E-state index in [-0.39, 0.29) is 12.4 Å². The highest BCUT2D eigenvalue weighted by Crippen LogP contribution is 2.34. The van der Waals surface area contributed by atoms with Crippen LogP contribution in [0.15, 0.2) is 40.4 Å². The molecule has 0 aliphatic heterocycles. The van der Waals surface area contributed by atoms with Gasteiger partial charge in [-0.2, -0.15) is 0 Å². The summed E-state index contributed by atoms with van der Waals surface area (Å²) >= 11 is 3.49. The minimum atomic E-state index is -1.17. The summed E-state index contributed by atoms with van der Waals surface area (Å²) in [5.74, 6) is -0.616. The van der Waals surface area contributed by atoms with E-state index in [0.29, 0.717) is 12.8 Å². The molecule has 4 heteroatoms. The van der Waals surface area contributed by atoms with Crippen LogP contribution in [0.2, 0.25) is 0 Å². The van der Waals surface area contributed by atoms with Crippen molar-refractivity contribution in [3.8, 4) is 0 Å². The number of hydrogen-bond donors (Lipinski definition) is 0. The van der Waals surface area contributed by atoms with Crippen molar-refractivity contribution < 1.29 is 14.3 Å². The largest absolute Gasteiger partial charge is 0.465 e. The Kier molecular flexibility index (Phi) is 7.01. The van der Waals surface area contributed by atoms with Gasteiger partial charge in [-0.25, -0.2) is 0 Å². The van der Waals surface area contributed by atoms with Gasteiger partial charge in [-0.1, -0.05) is 45.8 Å². The van der Waals surface area contributed by atoms with Crippen molar-refractivity contribution in [3.63, 3.8) is 0 Å². The van der Waals surface area contributed by atoms with Gasteiger partial charge in [0.15, 0.2) is 0 Å². The third kappa shape index (κ3) is 4.54. The van der Waals surface area contributed by atoms with Crippen LogP contribution in [0, 0.1) is 5.41 Å². The third-order valence-electron chi connectivity index (χ3n) is 3.65. The van der Waals surface area contributed by atoms with Crippen LogP contribution in [0.25, 0.3) is 0 Å². The Bertz CT molecular complexity index is 573. The minimum absolute atomic E-state index is 0.167. The van der Waals surface area contributed by atoms with Crippen LogP contribution in [-0.4, -0.2) is 18.4 Å². The molecule has 0 saturated carbocycles. The summed E-state index contributed by atoms with van der Waals surface area (Å²) in [6, 6.07) is 7.64. The molecular formula is C18H23BrO3. The van der Waals surface area contributed by atoms with E-state index in [0.717, 1.165) is 15.6 Å². The average Bonchev–Trinajstić information content (AvgIpc) is 2.45. The lowest BCUT2D eigenvalue weighted by Gasteiger charge is -2.28. The number of ketones is 1. The first-order valence-electron chi connectivity index (χ1n) is 7.38. The molecule has 1 unspecified atom stereocenters. The minimum Gasteiger partial charge on any atom is -0.465 e. The van der Waals surface area contributed by atoms with E-state index in [2.05, 4.69) is 15.9 Å². The van der Waals surface area contributed by atoms with Gasteiger partial charge >= 0.3 is 5.97 Å². The van der Waals surface area contributed by atoms with E-state index in [1.54, 1.807) is 6.92 Å². The lowest BCUT2D eigenvalue weighted by molar-refractivity contribution is -0.159. The molecule has 0 fully saturated rings. The summed E-state index contributed by atoms with van der Waals surface area (Å²) in [6.07, 6.45) is 2.60. The van der Waals surface area contributed by atoms with Gasteiger partial charge in [-0.3, -0.25) is 9.59 Å². The standard InChI is InChI=1S/C18H23BrO3/c1-5-22-17(21)18(14(4)20,11-10-13(2)3)12-15-8-6-7-9-16(15)19/h6-10H,5,11-12H2,1-4H3. The number of halogens is 1. The highest BCUT2D eigenvalue weighted by Gasteiger charge is 2.44. The molecule has 120 valence electrons. The molecule has 0 spiro atoms. The first-order valence-corrected chi connectivity index (χ1v) is 8.18. The fourth-order valence-corrected chi connectivity index (χ4v) is 2.68. The van der Waals surface area contributed by atoms with E-state index in [4.69, 9.17) is 4.74 Å². The number of allylic oxidation sites excluding steroid dienone is 2. The van der Waals surface area contributed by atoms with E-state index in [9.17, 15) is 9.59 Å². The Balaban J connectivity index is 3.29. The summed E-state index contributed by atoms with van der Waals surface area (Å²) in [7, 11) is 0. The predicted octanol–water partition coefficient (Wildman–Crippen LogP) is 4.49. The van der Waals surface area contributed by atoms with Crippen molar-refractivity contribution in [1.82, 2.24) is 0 Å². The Morgan fingerprint density at radius 2 is 1.86 bits per heavy atom. The van der Waals surface area contributed by atoms with E-state index in [1.165, 1.54) is 6.92 Å². The molecule has 0 saturated heterocycles. The van der Waals surface area contributed by atoms with Crippen molar-refractivity contribution in [3.05, 3.63) is 46.0 Å². The average molecular weight is 367 g/mol.